The first-order valence-corrected chi connectivity index (χ1v) is 10.6. The van der Waals surface area contributed by atoms with Gasteiger partial charge in [0.25, 0.3) is 5.91 Å². The van der Waals surface area contributed by atoms with E-state index in [1.54, 1.807) is 0 Å². The maximum absolute atomic E-state index is 12.5. The molecule has 0 atom stereocenters. The number of benzene rings is 2. The summed E-state index contributed by atoms with van der Waals surface area (Å²) in [6, 6.07) is 13.8. The molecule has 5 nitrogen and oxygen atoms in total. The van der Waals surface area contributed by atoms with E-state index in [1.165, 1.54) is 24.0 Å². The third-order valence-corrected chi connectivity index (χ3v) is 5.57. The second kappa shape index (κ2) is 9.59. The molecule has 3 rings (SSSR count). The summed E-state index contributed by atoms with van der Waals surface area (Å²) in [5.74, 6) is -0.191. The van der Waals surface area contributed by atoms with Crippen molar-refractivity contribution in [1.29, 1.82) is 0 Å². The third kappa shape index (κ3) is 5.07. The smallest absolute Gasteiger partial charge is 0.341 e. The molecule has 2 aromatic carbocycles. The van der Waals surface area contributed by atoms with Crippen LogP contribution in [0, 0.1) is 13.8 Å². The van der Waals surface area contributed by atoms with Crippen LogP contribution in [0.5, 0.6) is 5.75 Å². The van der Waals surface area contributed by atoms with Crippen molar-refractivity contribution in [1.82, 2.24) is 0 Å². The minimum absolute atomic E-state index is 0.151. The number of hydrogen-bond acceptors (Lipinski definition) is 5. The zero-order chi connectivity index (χ0) is 21.7. The highest BCUT2D eigenvalue weighted by molar-refractivity contribution is 7.15. The van der Waals surface area contributed by atoms with Crippen LogP contribution in [0.15, 0.2) is 47.8 Å². The van der Waals surface area contributed by atoms with Gasteiger partial charge >= 0.3 is 5.97 Å². The van der Waals surface area contributed by atoms with Gasteiger partial charge in [0, 0.05) is 10.9 Å². The molecule has 0 saturated heterocycles. The van der Waals surface area contributed by atoms with E-state index in [4.69, 9.17) is 9.47 Å². The van der Waals surface area contributed by atoms with E-state index in [-0.39, 0.29) is 12.5 Å². The number of amides is 1. The lowest BCUT2D eigenvalue weighted by Crippen LogP contribution is -2.21. The van der Waals surface area contributed by atoms with Gasteiger partial charge in [0.15, 0.2) is 6.61 Å². The number of hydrogen-bond donors (Lipinski definition) is 1. The molecule has 0 aliphatic carbocycles. The van der Waals surface area contributed by atoms with Crippen LogP contribution in [-0.4, -0.2) is 25.6 Å². The number of ether oxygens (including phenoxy) is 2. The van der Waals surface area contributed by atoms with Gasteiger partial charge in [-0.15, -0.1) is 11.3 Å². The first-order valence-electron chi connectivity index (χ1n) is 9.71. The Balaban J connectivity index is 1.78. The average molecular weight is 424 g/mol. The molecule has 0 aliphatic heterocycles. The molecule has 0 fully saturated rings. The Morgan fingerprint density at radius 1 is 1.03 bits per heavy atom. The Hall–Kier alpha value is -3.12. The molecule has 3 aromatic rings. The number of thiophene rings is 1. The van der Waals surface area contributed by atoms with Gasteiger partial charge in [-0.1, -0.05) is 37.3 Å². The normalized spacial score (nSPS) is 10.5. The van der Waals surface area contributed by atoms with E-state index in [1.807, 2.05) is 61.7 Å². The molecular formula is C24H25NO4S. The quantitative estimate of drug-likeness (QED) is 0.517. The number of anilines is 1. The fourth-order valence-electron chi connectivity index (χ4n) is 3.21. The second-order valence-corrected chi connectivity index (χ2v) is 7.94. The molecule has 0 aliphatic rings. The summed E-state index contributed by atoms with van der Waals surface area (Å²) in [5, 5.41) is 5.10. The maximum atomic E-state index is 12.5. The van der Waals surface area contributed by atoms with E-state index < -0.39 is 5.97 Å². The van der Waals surface area contributed by atoms with Crippen molar-refractivity contribution in [3.8, 4) is 16.9 Å². The Labute approximate surface area is 180 Å². The number of aryl methyl sites for hydroxylation is 3. The van der Waals surface area contributed by atoms with Crippen molar-refractivity contribution in [3.05, 3.63) is 70.1 Å². The van der Waals surface area contributed by atoms with Gasteiger partial charge in [0.05, 0.1) is 7.11 Å². The Morgan fingerprint density at radius 2 is 1.70 bits per heavy atom. The van der Waals surface area contributed by atoms with E-state index in [2.05, 4.69) is 12.2 Å². The maximum Gasteiger partial charge on any atom is 0.341 e. The third-order valence-electron chi connectivity index (χ3n) is 4.67. The molecule has 6 heteroatoms. The topological polar surface area (TPSA) is 64.6 Å². The van der Waals surface area contributed by atoms with E-state index >= 15 is 0 Å². The number of nitrogens with one attached hydrogen (secondary N) is 1. The van der Waals surface area contributed by atoms with Gasteiger partial charge in [0.1, 0.15) is 16.3 Å². The lowest BCUT2D eigenvalue weighted by atomic mass is 10.0. The number of methoxy groups -OCH3 is 1. The van der Waals surface area contributed by atoms with Crippen molar-refractivity contribution < 1.29 is 19.1 Å². The Kier molecular flexibility index (Phi) is 6.90. The minimum atomic E-state index is -0.489. The first kappa shape index (κ1) is 21.6. The monoisotopic (exact) mass is 423 g/mol. The van der Waals surface area contributed by atoms with Gasteiger partial charge in [0.2, 0.25) is 0 Å². The van der Waals surface area contributed by atoms with Crippen LogP contribution in [0.4, 0.5) is 5.00 Å². The molecule has 1 aromatic heterocycles. The summed E-state index contributed by atoms with van der Waals surface area (Å²) in [5.41, 5.74) is 5.33. The van der Waals surface area contributed by atoms with E-state index in [9.17, 15) is 9.59 Å². The van der Waals surface area contributed by atoms with Crippen molar-refractivity contribution in [2.24, 2.45) is 0 Å². The van der Waals surface area contributed by atoms with Crippen molar-refractivity contribution in [2.75, 3.05) is 19.0 Å². The summed E-state index contributed by atoms with van der Waals surface area (Å²) >= 11 is 1.29. The van der Waals surface area contributed by atoms with Gasteiger partial charge in [-0.25, -0.2) is 4.79 Å². The van der Waals surface area contributed by atoms with Crippen LogP contribution in [0.2, 0.25) is 0 Å². The predicted octanol–water partition coefficient (Wildman–Crippen LogP) is 5.40. The molecule has 0 spiro atoms. The molecule has 156 valence electrons. The fourth-order valence-corrected chi connectivity index (χ4v) is 4.19. The average Bonchev–Trinajstić information content (AvgIpc) is 3.14. The van der Waals surface area contributed by atoms with E-state index in [0.717, 1.165) is 28.7 Å². The number of rotatable bonds is 7. The fraction of sp³-hybridized carbons (Fsp3) is 0.250. The first-order chi connectivity index (χ1) is 14.4. The summed E-state index contributed by atoms with van der Waals surface area (Å²) in [6.07, 6.45) is 0.940. The van der Waals surface area contributed by atoms with Crippen LogP contribution in [0.1, 0.15) is 34.0 Å². The van der Waals surface area contributed by atoms with Gasteiger partial charge < -0.3 is 14.8 Å². The SMILES string of the molecule is CCc1ccc(-c2csc(NC(=O)COc3cc(C)cc(C)c3)c2C(=O)OC)cc1. The summed E-state index contributed by atoms with van der Waals surface area (Å²) in [7, 11) is 1.33. The molecule has 0 unspecified atom stereocenters. The molecule has 1 N–H and O–H groups in total. The lowest BCUT2D eigenvalue weighted by Gasteiger charge is -2.10. The zero-order valence-corrected chi connectivity index (χ0v) is 18.4. The minimum Gasteiger partial charge on any atom is -0.484 e. The van der Waals surface area contributed by atoms with Crippen LogP contribution in [0.3, 0.4) is 0 Å². The Morgan fingerprint density at radius 3 is 2.30 bits per heavy atom. The number of esters is 1. The van der Waals surface area contributed by atoms with Crippen LogP contribution in [0.25, 0.3) is 11.1 Å². The van der Waals surface area contributed by atoms with Crippen LogP contribution in [-0.2, 0) is 16.0 Å². The molecule has 1 heterocycles. The largest absolute Gasteiger partial charge is 0.484 e. The lowest BCUT2D eigenvalue weighted by molar-refractivity contribution is -0.118. The Bertz CT molecular complexity index is 1030. The predicted molar refractivity (Wildman–Crippen MR) is 121 cm³/mol. The van der Waals surface area contributed by atoms with E-state index in [0.29, 0.717) is 16.3 Å². The summed E-state index contributed by atoms with van der Waals surface area (Å²) < 4.78 is 10.6. The molecular weight excluding hydrogens is 398 g/mol. The van der Waals surface area contributed by atoms with Crippen LogP contribution < -0.4 is 10.1 Å². The molecule has 30 heavy (non-hydrogen) atoms. The van der Waals surface area contributed by atoms with Gasteiger partial charge in [-0.05, 0) is 54.7 Å². The molecule has 1 amide bonds. The van der Waals surface area contributed by atoms with Crippen molar-refractivity contribution in [2.45, 2.75) is 27.2 Å². The van der Waals surface area contributed by atoms with Crippen molar-refractivity contribution in [3.63, 3.8) is 0 Å². The zero-order valence-electron chi connectivity index (χ0n) is 17.6. The highest BCUT2D eigenvalue weighted by Crippen LogP contribution is 2.36. The highest BCUT2D eigenvalue weighted by Gasteiger charge is 2.22. The number of carbonyl (C=O) groups excluding carboxylic acids is 2. The van der Waals surface area contributed by atoms with Crippen molar-refractivity contribution >= 4 is 28.2 Å². The summed E-state index contributed by atoms with van der Waals surface area (Å²) in [4.78, 5) is 24.9. The molecule has 0 saturated carbocycles. The van der Waals surface area contributed by atoms with Gasteiger partial charge in [-0.2, -0.15) is 0 Å². The highest BCUT2D eigenvalue weighted by atomic mass is 32.1. The standard InChI is InChI=1S/C24H25NO4S/c1-5-17-6-8-18(9-7-17)20-14-30-23(22(20)24(27)28-4)25-21(26)13-29-19-11-15(2)10-16(3)12-19/h6-12,14H,5,13H2,1-4H3,(H,25,26). The molecule has 0 radical (unpaired) electrons. The summed E-state index contributed by atoms with van der Waals surface area (Å²) in [6.45, 7) is 5.89. The second-order valence-electron chi connectivity index (χ2n) is 7.06. The molecule has 0 bridgehead atoms. The van der Waals surface area contributed by atoms with Gasteiger partial charge in [-0.3, -0.25) is 4.79 Å². The number of carbonyl (C=O) groups is 2. The van der Waals surface area contributed by atoms with Crippen LogP contribution >= 0.6 is 11.3 Å².